The van der Waals surface area contributed by atoms with Crippen LogP contribution in [0.5, 0.6) is 0 Å². The Kier molecular flexibility index (Phi) is 2.63. The molecule has 0 fully saturated rings. The van der Waals surface area contributed by atoms with Gasteiger partial charge in [0.15, 0.2) is 0 Å². The molecular weight excluding hydrogens is 143 g/mol. The summed E-state index contributed by atoms with van der Waals surface area (Å²) in [6.45, 7) is 3.27. The zero-order valence-corrected chi connectivity index (χ0v) is 7.51. The van der Waals surface area contributed by atoms with Crippen LogP contribution in [0.15, 0.2) is 12.7 Å². The van der Waals surface area contributed by atoms with E-state index in [9.17, 15) is 4.57 Å². The van der Waals surface area contributed by atoms with Crippen LogP contribution >= 0.6 is 7.60 Å². The maximum Gasteiger partial charge on any atom is 0.328 e. The molecule has 1 atom stereocenters. The highest BCUT2D eigenvalue weighted by molar-refractivity contribution is 7.54. The summed E-state index contributed by atoms with van der Waals surface area (Å²) in [5.74, 6) is 0. The van der Waals surface area contributed by atoms with Gasteiger partial charge in [-0.05, 0) is 0 Å². The first kappa shape index (κ1) is 8.11. The molecule has 0 aromatic rings. The molecule has 0 bridgehead atoms. The van der Waals surface area contributed by atoms with Gasteiger partial charge in [-0.3, -0.25) is 4.57 Å². The average Bonchev–Trinajstić information content (AvgIpc) is 1.62. The summed E-state index contributed by atoms with van der Waals surface area (Å²) in [6, 6.07) is 0. The molecule has 0 saturated heterocycles. The Morgan fingerprint density at radius 3 is 2.12 bits per heavy atom. The monoisotopic (exact) mass is 152 g/mol. The molecule has 0 radical (unpaired) electrons. The van der Waals surface area contributed by atoms with Gasteiger partial charge >= 0.3 is 7.60 Å². The summed E-state index contributed by atoms with van der Waals surface area (Å²) >= 11 is 0. The quantitative estimate of drug-likeness (QED) is 0.304. The fourth-order valence-electron chi connectivity index (χ4n) is 0.137. The molecule has 0 aliphatic heterocycles. The molecule has 0 heterocycles. The summed E-state index contributed by atoms with van der Waals surface area (Å²) in [5, 5.41) is -0.581. The van der Waals surface area contributed by atoms with Crippen molar-refractivity contribution in [3.63, 3.8) is 0 Å². The maximum absolute atomic E-state index is 10.2. The van der Waals surface area contributed by atoms with Gasteiger partial charge < -0.3 is 9.79 Å². The third-order valence-corrected chi connectivity index (χ3v) is 4.63. The molecule has 0 rings (SSSR count). The minimum absolute atomic E-state index is 0.468. The van der Waals surface area contributed by atoms with Gasteiger partial charge in [-0.25, -0.2) is 0 Å². The van der Waals surface area contributed by atoms with Crippen LogP contribution in [0.25, 0.3) is 0 Å². The third-order valence-electron chi connectivity index (χ3n) is 0.872. The summed E-state index contributed by atoms with van der Waals surface area (Å²) < 4.78 is 10.2. The predicted molar refractivity (Wildman–Crippen MR) is 36.0 cm³/mol. The van der Waals surface area contributed by atoms with E-state index in [4.69, 9.17) is 9.79 Å². The van der Waals surface area contributed by atoms with E-state index in [-0.39, 0.29) is 0 Å². The van der Waals surface area contributed by atoms with E-state index in [1.165, 1.54) is 6.08 Å². The van der Waals surface area contributed by atoms with Crippen molar-refractivity contribution in [1.82, 2.24) is 0 Å². The van der Waals surface area contributed by atoms with E-state index in [0.717, 1.165) is 0 Å². The molecule has 0 saturated carbocycles. The Hall–Kier alpha value is 0.107. The molecule has 3 nitrogen and oxygen atoms in total. The Balaban J connectivity index is 4.02. The van der Waals surface area contributed by atoms with Gasteiger partial charge in [0.2, 0.25) is 0 Å². The van der Waals surface area contributed by atoms with Crippen molar-refractivity contribution in [2.75, 3.05) is 0 Å². The van der Waals surface area contributed by atoms with Crippen molar-refractivity contribution in [2.24, 2.45) is 0 Å². The highest BCUT2D eigenvalue weighted by Crippen LogP contribution is 2.39. The topological polar surface area (TPSA) is 57.5 Å². The maximum atomic E-state index is 10.2. The first-order valence-corrected chi connectivity index (χ1v) is 5.00. The highest BCUT2D eigenvalue weighted by atomic mass is 31.2. The fourth-order valence-corrected chi connectivity index (χ4v) is 0.412. The molecule has 1 unspecified atom stereocenters. The van der Waals surface area contributed by atoms with E-state index >= 15 is 0 Å². The van der Waals surface area contributed by atoms with Gasteiger partial charge in [0.1, 0.15) is 0 Å². The van der Waals surface area contributed by atoms with Crippen LogP contribution in [0.2, 0.25) is 0 Å². The van der Waals surface area contributed by atoms with E-state index in [0.29, 0.717) is 10.2 Å². The van der Waals surface area contributed by atoms with Gasteiger partial charge in [-0.1, -0.05) is 6.08 Å². The molecule has 5 heteroatoms. The van der Waals surface area contributed by atoms with Crippen LogP contribution in [-0.4, -0.2) is 25.3 Å². The van der Waals surface area contributed by atoms with Crippen molar-refractivity contribution in [3.8, 4) is 0 Å². The zero-order chi connectivity index (χ0) is 6.78. The predicted octanol–water partition coefficient (Wildman–Crippen LogP) is -0.958. The van der Waals surface area contributed by atoms with Crippen LogP contribution in [0.1, 0.15) is 0 Å². The van der Waals surface area contributed by atoms with Gasteiger partial charge in [0, 0.05) is 10.2 Å². The lowest BCUT2D eigenvalue weighted by Crippen LogP contribution is -2.02. The molecule has 2 N–H and O–H groups in total. The second-order valence-corrected chi connectivity index (χ2v) is 5.77. The van der Waals surface area contributed by atoms with Crippen LogP contribution in [-0.2, 0) is 4.57 Å². The lowest BCUT2D eigenvalue weighted by Gasteiger charge is -2.05. The van der Waals surface area contributed by atoms with Crippen LogP contribution in [0, 0.1) is 0 Å². The first-order valence-electron chi connectivity index (χ1n) is 2.16. The van der Waals surface area contributed by atoms with Crippen molar-refractivity contribution in [2.45, 2.75) is 5.28 Å². The smallest absolute Gasteiger partial charge is 0.324 e. The molecule has 8 heavy (non-hydrogen) atoms. The summed E-state index contributed by atoms with van der Waals surface area (Å²) in [5.41, 5.74) is 0. The Bertz CT molecular complexity index is 128. The van der Waals surface area contributed by atoms with Crippen molar-refractivity contribution in [1.29, 1.82) is 0 Å². The fraction of sp³-hybridized carbons (Fsp3) is 0.333. The largest absolute Gasteiger partial charge is 0.328 e. The summed E-state index contributed by atoms with van der Waals surface area (Å²) in [6.07, 6.45) is 1.30. The zero-order valence-electron chi connectivity index (χ0n) is 4.61. The second-order valence-electron chi connectivity index (χ2n) is 1.57. The van der Waals surface area contributed by atoms with Crippen molar-refractivity contribution in [3.05, 3.63) is 12.7 Å². The highest BCUT2D eigenvalue weighted by Gasteiger charge is 2.19. The van der Waals surface area contributed by atoms with E-state index in [2.05, 4.69) is 6.58 Å². The lowest BCUT2D eigenvalue weighted by molar-refractivity contribution is 0.373. The molecule has 48 valence electrons. The summed E-state index contributed by atoms with van der Waals surface area (Å²) in [4.78, 5) is 16.7. The minimum atomic E-state index is -3.81. The van der Waals surface area contributed by atoms with Crippen LogP contribution in [0.3, 0.4) is 0 Å². The number of rotatable bonds is 2. The Labute approximate surface area is 51.0 Å². The van der Waals surface area contributed by atoms with E-state index in [1.54, 1.807) is 0 Å². The molecular formula is C3H9O3PSi. The Morgan fingerprint density at radius 2 is 2.12 bits per heavy atom. The normalized spacial score (nSPS) is 15.8. The van der Waals surface area contributed by atoms with Crippen molar-refractivity contribution >= 4 is 17.8 Å². The van der Waals surface area contributed by atoms with Crippen LogP contribution in [0.4, 0.5) is 0 Å². The van der Waals surface area contributed by atoms with Gasteiger partial charge in [0.25, 0.3) is 0 Å². The SMILES string of the molecule is C=CC([SiH3])P(=O)(O)O. The van der Waals surface area contributed by atoms with Crippen LogP contribution < -0.4 is 0 Å². The minimum Gasteiger partial charge on any atom is -0.324 e. The number of allylic oxidation sites excluding steroid dienone is 1. The first-order chi connectivity index (χ1) is 3.48. The summed E-state index contributed by atoms with van der Waals surface area (Å²) in [7, 11) is -3.35. The average molecular weight is 152 g/mol. The number of hydrogen-bond acceptors (Lipinski definition) is 1. The lowest BCUT2D eigenvalue weighted by atomic mass is 10.7. The van der Waals surface area contributed by atoms with Gasteiger partial charge in [0.05, 0.1) is 5.28 Å². The Morgan fingerprint density at radius 1 is 1.75 bits per heavy atom. The third kappa shape index (κ3) is 2.42. The van der Waals surface area contributed by atoms with Gasteiger partial charge in [-0.15, -0.1) is 6.58 Å². The van der Waals surface area contributed by atoms with Crippen molar-refractivity contribution < 1.29 is 14.4 Å². The number of hydrogen-bond donors (Lipinski definition) is 2. The molecule has 0 aliphatic rings. The molecule has 0 spiro atoms. The molecule has 0 amide bonds. The second kappa shape index (κ2) is 2.59. The van der Waals surface area contributed by atoms with Gasteiger partial charge in [-0.2, -0.15) is 0 Å². The molecule has 0 aromatic heterocycles. The van der Waals surface area contributed by atoms with E-state index < -0.39 is 12.9 Å². The standard InChI is InChI=1S/C3H9O3PSi/c1-2-3(8)7(4,5)6/h2-3H,1H2,8H3,(H2,4,5,6). The van der Waals surface area contributed by atoms with E-state index in [1.807, 2.05) is 0 Å². The molecule has 0 aliphatic carbocycles. The molecule has 0 aromatic carbocycles.